The summed E-state index contributed by atoms with van der Waals surface area (Å²) >= 11 is 0. The van der Waals surface area contributed by atoms with Gasteiger partial charge < -0.3 is 19.2 Å². The number of fused-ring (bicyclic) bond motifs is 3. The maximum Gasteiger partial charge on any atom is 0.231 e. The molecule has 0 spiro atoms. The molecule has 0 unspecified atom stereocenters. The Hall–Kier alpha value is -2.66. The van der Waals surface area contributed by atoms with Crippen LogP contribution >= 0.6 is 0 Å². The van der Waals surface area contributed by atoms with Gasteiger partial charge in [0.2, 0.25) is 12.5 Å². The van der Waals surface area contributed by atoms with Crippen LogP contribution in [0.4, 0.5) is 0 Å². The lowest BCUT2D eigenvalue weighted by molar-refractivity contribution is 0.171. The minimum Gasteiger partial charge on any atom is -0.492 e. The Kier molecular flexibility index (Phi) is 3.18. The van der Waals surface area contributed by atoms with E-state index in [1.165, 1.54) is 22.1 Å². The number of likely N-dealkylation sites (N-methyl/N-ethyl adjacent to an activating group) is 1. The molecule has 3 aromatic rings. The molecule has 1 atom stereocenters. The molecule has 0 saturated carbocycles. The van der Waals surface area contributed by atoms with E-state index in [9.17, 15) is 0 Å². The van der Waals surface area contributed by atoms with Gasteiger partial charge in [-0.15, -0.1) is 0 Å². The molecule has 2 aliphatic rings. The molecule has 1 aromatic heterocycles. The van der Waals surface area contributed by atoms with E-state index < -0.39 is 0 Å². The van der Waals surface area contributed by atoms with Crippen molar-refractivity contribution in [3.05, 3.63) is 53.2 Å². The van der Waals surface area contributed by atoms with Crippen LogP contribution in [0.5, 0.6) is 17.2 Å². The van der Waals surface area contributed by atoms with Crippen molar-refractivity contribution in [1.29, 1.82) is 0 Å². The number of aromatic amines is 1. The number of methoxy groups -OCH3 is 1. The Bertz CT molecular complexity index is 963. The van der Waals surface area contributed by atoms with Gasteiger partial charge in [-0.25, -0.2) is 0 Å². The summed E-state index contributed by atoms with van der Waals surface area (Å²) in [6.45, 7) is 1.24. The molecular formula is C20H20N2O3. The summed E-state index contributed by atoms with van der Waals surface area (Å²) in [4.78, 5) is 5.78. The van der Waals surface area contributed by atoms with Crippen molar-refractivity contribution in [1.82, 2.24) is 9.88 Å². The molecule has 0 amide bonds. The normalized spacial score (nSPS) is 19.2. The van der Waals surface area contributed by atoms with E-state index in [0.29, 0.717) is 0 Å². The lowest BCUT2D eigenvalue weighted by Crippen LogP contribution is -2.33. The molecule has 1 N–H and O–H groups in total. The summed E-state index contributed by atoms with van der Waals surface area (Å²) in [6.07, 6.45) is 3.09. The highest BCUT2D eigenvalue weighted by molar-refractivity contribution is 5.84. The van der Waals surface area contributed by atoms with Crippen molar-refractivity contribution in [3.8, 4) is 17.2 Å². The number of H-pyrrole nitrogens is 1. The van der Waals surface area contributed by atoms with Crippen molar-refractivity contribution in [2.45, 2.75) is 12.5 Å². The van der Waals surface area contributed by atoms with Crippen molar-refractivity contribution >= 4 is 10.9 Å². The summed E-state index contributed by atoms with van der Waals surface area (Å²) in [5.74, 6) is 2.31. The lowest BCUT2D eigenvalue weighted by atomic mass is 9.87. The minimum absolute atomic E-state index is 0.115. The SMILES string of the molecule is COc1c2c(cc3c1[C@@H](c1c[nH]c4ccccc14)N(C)CC3)OCO2. The van der Waals surface area contributed by atoms with Gasteiger partial charge in [0.05, 0.1) is 13.2 Å². The summed E-state index contributed by atoms with van der Waals surface area (Å²) < 4.78 is 17.1. The topological polar surface area (TPSA) is 46.7 Å². The third kappa shape index (κ3) is 2.05. The van der Waals surface area contributed by atoms with E-state index in [0.717, 1.165) is 35.7 Å². The van der Waals surface area contributed by atoms with E-state index in [1.54, 1.807) is 7.11 Å². The van der Waals surface area contributed by atoms with Crippen LogP contribution in [0.1, 0.15) is 22.7 Å². The van der Waals surface area contributed by atoms with E-state index in [2.05, 4.69) is 53.5 Å². The van der Waals surface area contributed by atoms with Crippen LogP contribution < -0.4 is 14.2 Å². The predicted octanol–water partition coefficient (Wildman–Crippen LogP) is 3.48. The second-order valence-electron chi connectivity index (χ2n) is 6.64. The van der Waals surface area contributed by atoms with Gasteiger partial charge in [-0.3, -0.25) is 4.90 Å². The number of nitrogens with zero attached hydrogens (tertiary/aromatic N) is 1. The van der Waals surface area contributed by atoms with Crippen LogP contribution in [0.3, 0.4) is 0 Å². The fourth-order valence-electron chi connectivity index (χ4n) is 4.15. The third-order valence-corrected chi connectivity index (χ3v) is 5.31. The highest BCUT2D eigenvalue weighted by Crippen LogP contribution is 2.51. The zero-order valence-electron chi connectivity index (χ0n) is 14.3. The molecule has 0 aliphatic carbocycles. The van der Waals surface area contributed by atoms with E-state index in [1.807, 2.05) is 0 Å². The van der Waals surface area contributed by atoms with Crippen LogP contribution in [-0.4, -0.2) is 37.4 Å². The summed E-state index contributed by atoms with van der Waals surface area (Å²) in [7, 11) is 3.87. The number of aromatic nitrogens is 1. The first-order valence-corrected chi connectivity index (χ1v) is 8.53. The van der Waals surface area contributed by atoms with Gasteiger partial charge in [-0.2, -0.15) is 0 Å². The minimum atomic E-state index is 0.115. The zero-order chi connectivity index (χ0) is 17.0. The number of para-hydroxylation sites is 1. The number of ether oxygens (including phenoxy) is 3. The highest BCUT2D eigenvalue weighted by Gasteiger charge is 2.35. The highest BCUT2D eigenvalue weighted by atomic mass is 16.7. The van der Waals surface area contributed by atoms with Crippen LogP contribution in [0.25, 0.3) is 10.9 Å². The molecule has 5 heteroatoms. The number of nitrogens with one attached hydrogen (secondary N) is 1. The Labute approximate surface area is 146 Å². The van der Waals surface area contributed by atoms with E-state index in [4.69, 9.17) is 14.2 Å². The Morgan fingerprint density at radius 2 is 2.12 bits per heavy atom. The second kappa shape index (κ2) is 5.43. The molecule has 5 rings (SSSR count). The number of benzene rings is 2. The van der Waals surface area contributed by atoms with Gasteiger partial charge in [0.25, 0.3) is 0 Å². The fraction of sp³-hybridized carbons (Fsp3) is 0.300. The smallest absolute Gasteiger partial charge is 0.231 e. The molecule has 128 valence electrons. The molecule has 25 heavy (non-hydrogen) atoms. The summed E-state index contributed by atoms with van der Waals surface area (Å²) in [5, 5.41) is 1.24. The third-order valence-electron chi connectivity index (χ3n) is 5.31. The second-order valence-corrected chi connectivity index (χ2v) is 6.64. The Morgan fingerprint density at radius 1 is 1.24 bits per heavy atom. The van der Waals surface area contributed by atoms with Crippen molar-refractivity contribution in [3.63, 3.8) is 0 Å². The number of hydrogen-bond acceptors (Lipinski definition) is 4. The maximum absolute atomic E-state index is 5.80. The number of rotatable bonds is 2. The molecule has 0 bridgehead atoms. The van der Waals surface area contributed by atoms with Gasteiger partial charge in [0.15, 0.2) is 11.5 Å². The monoisotopic (exact) mass is 336 g/mol. The fourth-order valence-corrected chi connectivity index (χ4v) is 4.15. The van der Waals surface area contributed by atoms with Crippen molar-refractivity contribution in [2.75, 3.05) is 27.5 Å². The van der Waals surface area contributed by atoms with Crippen LogP contribution in [0, 0.1) is 0 Å². The van der Waals surface area contributed by atoms with Gasteiger partial charge in [-0.1, -0.05) is 18.2 Å². The maximum atomic E-state index is 5.80. The lowest BCUT2D eigenvalue weighted by Gasteiger charge is -2.35. The van der Waals surface area contributed by atoms with Gasteiger partial charge in [0, 0.05) is 29.2 Å². The van der Waals surface area contributed by atoms with Crippen molar-refractivity contribution < 1.29 is 14.2 Å². The molecular weight excluding hydrogens is 316 g/mol. The molecule has 0 radical (unpaired) electrons. The first-order valence-electron chi connectivity index (χ1n) is 8.53. The standard InChI is InChI=1S/C20H20N2O3/c1-22-8-7-12-9-16-19(25-11-24-16)20(23-2)17(12)18(22)14-10-21-15-6-4-3-5-13(14)15/h3-6,9-10,18,21H,7-8,11H2,1-2H3/t18-/m1/s1. The molecule has 0 fully saturated rings. The average Bonchev–Trinajstić information content (AvgIpc) is 3.26. The molecule has 2 aliphatic heterocycles. The largest absolute Gasteiger partial charge is 0.492 e. The number of hydrogen-bond donors (Lipinski definition) is 1. The van der Waals surface area contributed by atoms with Crippen molar-refractivity contribution in [2.24, 2.45) is 0 Å². The quantitative estimate of drug-likeness (QED) is 0.778. The van der Waals surface area contributed by atoms with Gasteiger partial charge >= 0.3 is 0 Å². The summed E-state index contributed by atoms with van der Waals surface area (Å²) in [5.41, 5.74) is 4.87. The molecule has 3 heterocycles. The molecule has 2 aromatic carbocycles. The molecule has 5 nitrogen and oxygen atoms in total. The van der Waals surface area contributed by atoms with Gasteiger partial charge in [0.1, 0.15) is 0 Å². The molecule has 0 saturated heterocycles. The van der Waals surface area contributed by atoms with Gasteiger partial charge in [-0.05, 0) is 36.7 Å². The Morgan fingerprint density at radius 3 is 3.00 bits per heavy atom. The average molecular weight is 336 g/mol. The Balaban J connectivity index is 1.77. The van der Waals surface area contributed by atoms with E-state index >= 15 is 0 Å². The predicted molar refractivity (Wildman–Crippen MR) is 95.6 cm³/mol. The summed E-state index contributed by atoms with van der Waals surface area (Å²) in [6, 6.07) is 10.7. The van der Waals surface area contributed by atoms with Crippen LogP contribution in [0.2, 0.25) is 0 Å². The van der Waals surface area contributed by atoms with Crippen LogP contribution in [-0.2, 0) is 6.42 Å². The first kappa shape index (κ1) is 14.7. The first-order chi connectivity index (χ1) is 12.3. The zero-order valence-corrected chi connectivity index (χ0v) is 14.3. The van der Waals surface area contributed by atoms with Crippen LogP contribution in [0.15, 0.2) is 36.5 Å². The van der Waals surface area contributed by atoms with E-state index in [-0.39, 0.29) is 12.8 Å².